The van der Waals surface area contributed by atoms with Gasteiger partial charge in [0.05, 0.1) is 5.56 Å². The third-order valence-corrected chi connectivity index (χ3v) is 5.02. The van der Waals surface area contributed by atoms with Crippen LogP contribution in [-0.2, 0) is 10.2 Å². The van der Waals surface area contributed by atoms with Crippen LogP contribution in [0, 0.1) is 0 Å². The molecule has 148 valence electrons. The molecule has 28 heavy (non-hydrogen) atoms. The van der Waals surface area contributed by atoms with Gasteiger partial charge < -0.3 is 15.1 Å². The summed E-state index contributed by atoms with van der Waals surface area (Å²) in [5, 5.41) is 3.36. The third-order valence-electron chi connectivity index (χ3n) is 5.02. The molecule has 2 aromatic rings. The minimum atomic E-state index is -0.0441. The quantitative estimate of drug-likeness (QED) is 0.886. The highest BCUT2D eigenvalue weighted by Crippen LogP contribution is 2.30. The van der Waals surface area contributed by atoms with Crippen LogP contribution >= 0.6 is 0 Å². The van der Waals surface area contributed by atoms with Gasteiger partial charge in [-0.1, -0.05) is 39.0 Å². The fourth-order valence-electron chi connectivity index (χ4n) is 3.39. The highest BCUT2D eigenvalue weighted by atomic mass is 16.2. The molecule has 0 radical (unpaired) electrons. The van der Waals surface area contributed by atoms with E-state index < -0.39 is 0 Å². The predicted molar refractivity (Wildman–Crippen MR) is 111 cm³/mol. The largest absolute Gasteiger partial charge is 0.340 e. The normalized spacial score (nSPS) is 14.7. The standard InChI is InChI=1S/C22H28N4O2/c1-16(27)25-11-13-26(14-12-25)21(28)17-9-10-20(23-15-17)24-19-8-6-5-7-18(19)22(2,3)4/h5-10,15H,11-14H2,1-4H3,(H,23,24). The van der Waals surface area contributed by atoms with Crippen molar-refractivity contribution < 1.29 is 9.59 Å². The van der Waals surface area contributed by atoms with Crippen LogP contribution in [0.5, 0.6) is 0 Å². The fraction of sp³-hybridized carbons (Fsp3) is 0.409. The van der Waals surface area contributed by atoms with Crippen molar-refractivity contribution in [3.05, 3.63) is 53.7 Å². The average Bonchev–Trinajstić information content (AvgIpc) is 2.68. The van der Waals surface area contributed by atoms with Crippen molar-refractivity contribution in [2.75, 3.05) is 31.5 Å². The van der Waals surface area contributed by atoms with E-state index in [9.17, 15) is 9.59 Å². The SMILES string of the molecule is CC(=O)N1CCN(C(=O)c2ccc(Nc3ccccc3C(C)(C)C)nc2)CC1. The second-order valence-electron chi connectivity index (χ2n) is 8.15. The molecule has 3 rings (SSSR count). The molecule has 1 N–H and O–H groups in total. The lowest BCUT2D eigenvalue weighted by atomic mass is 9.86. The Hall–Kier alpha value is -2.89. The minimum absolute atomic E-state index is 0.0154. The summed E-state index contributed by atoms with van der Waals surface area (Å²) in [7, 11) is 0. The number of nitrogens with zero attached hydrogens (tertiary/aromatic N) is 3. The first-order valence-corrected chi connectivity index (χ1v) is 9.63. The van der Waals surface area contributed by atoms with Gasteiger partial charge in [0.2, 0.25) is 5.91 Å². The number of pyridine rings is 1. The van der Waals surface area contributed by atoms with Gasteiger partial charge in [-0.15, -0.1) is 0 Å². The molecule has 1 saturated heterocycles. The zero-order valence-electron chi connectivity index (χ0n) is 17.0. The lowest BCUT2D eigenvalue weighted by Crippen LogP contribution is -2.50. The number of carbonyl (C=O) groups is 2. The summed E-state index contributed by atoms with van der Waals surface area (Å²) in [6.45, 7) is 10.4. The molecule has 0 saturated carbocycles. The molecule has 1 aromatic heterocycles. The first-order chi connectivity index (χ1) is 13.3. The van der Waals surface area contributed by atoms with Gasteiger partial charge in [0, 0.05) is 45.0 Å². The van der Waals surface area contributed by atoms with Crippen molar-refractivity contribution in [1.82, 2.24) is 14.8 Å². The summed E-state index contributed by atoms with van der Waals surface area (Å²) < 4.78 is 0. The van der Waals surface area contributed by atoms with Gasteiger partial charge in [0.15, 0.2) is 0 Å². The second kappa shape index (κ2) is 8.00. The molecule has 0 atom stereocenters. The van der Waals surface area contributed by atoms with Gasteiger partial charge in [-0.05, 0) is 29.2 Å². The number of rotatable bonds is 3. The smallest absolute Gasteiger partial charge is 0.255 e. The maximum atomic E-state index is 12.7. The molecule has 2 amide bonds. The number of piperazine rings is 1. The zero-order chi connectivity index (χ0) is 20.3. The van der Waals surface area contributed by atoms with E-state index in [1.165, 1.54) is 5.56 Å². The lowest BCUT2D eigenvalue weighted by molar-refractivity contribution is -0.130. The second-order valence-corrected chi connectivity index (χ2v) is 8.15. The topological polar surface area (TPSA) is 65.5 Å². The number of benzene rings is 1. The third kappa shape index (κ3) is 4.50. The number of nitrogens with one attached hydrogen (secondary N) is 1. The lowest BCUT2D eigenvalue weighted by Gasteiger charge is -2.34. The molecule has 0 unspecified atom stereocenters. The molecule has 6 heteroatoms. The first kappa shape index (κ1) is 19.9. The Labute approximate surface area is 166 Å². The van der Waals surface area contributed by atoms with E-state index in [1.54, 1.807) is 29.0 Å². The van der Waals surface area contributed by atoms with Crippen LogP contribution in [0.2, 0.25) is 0 Å². The molecule has 6 nitrogen and oxygen atoms in total. The summed E-state index contributed by atoms with van der Waals surface area (Å²) in [5.41, 5.74) is 2.80. The van der Waals surface area contributed by atoms with E-state index in [2.05, 4.69) is 37.1 Å². The highest BCUT2D eigenvalue weighted by molar-refractivity contribution is 5.94. The van der Waals surface area contributed by atoms with Crippen molar-refractivity contribution in [1.29, 1.82) is 0 Å². The van der Waals surface area contributed by atoms with E-state index in [0.29, 0.717) is 37.6 Å². The Balaban J connectivity index is 1.68. The summed E-state index contributed by atoms with van der Waals surface area (Å²) in [5.74, 6) is 0.715. The van der Waals surface area contributed by atoms with Crippen LogP contribution < -0.4 is 5.32 Å². The Morgan fingerprint density at radius 1 is 0.964 bits per heavy atom. The van der Waals surface area contributed by atoms with Gasteiger partial charge >= 0.3 is 0 Å². The number of hydrogen-bond donors (Lipinski definition) is 1. The van der Waals surface area contributed by atoms with Crippen molar-refractivity contribution in [3.63, 3.8) is 0 Å². The summed E-state index contributed by atoms with van der Waals surface area (Å²) in [6, 6.07) is 11.8. The summed E-state index contributed by atoms with van der Waals surface area (Å²) in [6.07, 6.45) is 1.61. The minimum Gasteiger partial charge on any atom is -0.340 e. The molecule has 0 aliphatic carbocycles. The molecule has 2 heterocycles. The molecular formula is C22H28N4O2. The molecular weight excluding hydrogens is 352 g/mol. The predicted octanol–water partition coefficient (Wildman–Crippen LogP) is 3.43. The van der Waals surface area contributed by atoms with Gasteiger partial charge in [0.1, 0.15) is 5.82 Å². The molecule has 1 aliphatic rings. The average molecular weight is 380 g/mol. The number of para-hydroxylation sites is 1. The van der Waals surface area contributed by atoms with E-state index >= 15 is 0 Å². The maximum absolute atomic E-state index is 12.7. The summed E-state index contributed by atoms with van der Waals surface area (Å²) in [4.78, 5) is 32.1. The van der Waals surface area contributed by atoms with Gasteiger partial charge in [-0.3, -0.25) is 9.59 Å². The van der Waals surface area contributed by atoms with E-state index in [1.807, 2.05) is 24.3 Å². The maximum Gasteiger partial charge on any atom is 0.255 e. The Morgan fingerprint density at radius 3 is 2.18 bits per heavy atom. The van der Waals surface area contributed by atoms with Crippen LogP contribution in [0.1, 0.15) is 43.6 Å². The molecule has 0 bridgehead atoms. The zero-order valence-corrected chi connectivity index (χ0v) is 17.0. The van der Waals surface area contributed by atoms with E-state index in [4.69, 9.17) is 0 Å². The number of anilines is 2. The fourth-order valence-corrected chi connectivity index (χ4v) is 3.39. The number of hydrogen-bond acceptors (Lipinski definition) is 4. The van der Waals surface area contributed by atoms with Crippen molar-refractivity contribution in [2.24, 2.45) is 0 Å². The van der Waals surface area contributed by atoms with Crippen LogP contribution in [0.4, 0.5) is 11.5 Å². The van der Waals surface area contributed by atoms with Crippen LogP contribution in [0.25, 0.3) is 0 Å². The van der Waals surface area contributed by atoms with Gasteiger partial charge in [-0.25, -0.2) is 4.98 Å². The molecule has 1 aliphatic heterocycles. The number of aromatic nitrogens is 1. The Bertz CT molecular complexity index is 848. The highest BCUT2D eigenvalue weighted by Gasteiger charge is 2.23. The first-order valence-electron chi connectivity index (χ1n) is 9.63. The molecule has 0 spiro atoms. The van der Waals surface area contributed by atoms with Crippen LogP contribution in [0.3, 0.4) is 0 Å². The van der Waals surface area contributed by atoms with Gasteiger partial charge in [0.25, 0.3) is 5.91 Å². The van der Waals surface area contributed by atoms with Crippen LogP contribution in [-0.4, -0.2) is 52.8 Å². The summed E-state index contributed by atoms with van der Waals surface area (Å²) >= 11 is 0. The molecule has 1 fully saturated rings. The monoisotopic (exact) mass is 380 g/mol. The van der Waals surface area contributed by atoms with E-state index in [-0.39, 0.29) is 17.2 Å². The number of amides is 2. The Kier molecular flexibility index (Phi) is 5.68. The number of carbonyl (C=O) groups excluding carboxylic acids is 2. The van der Waals surface area contributed by atoms with Crippen molar-refractivity contribution in [2.45, 2.75) is 33.1 Å². The van der Waals surface area contributed by atoms with Crippen molar-refractivity contribution >= 4 is 23.3 Å². The van der Waals surface area contributed by atoms with Crippen LogP contribution in [0.15, 0.2) is 42.6 Å². The Morgan fingerprint density at radius 2 is 1.61 bits per heavy atom. The van der Waals surface area contributed by atoms with Crippen molar-refractivity contribution in [3.8, 4) is 0 Å². The molecule has 1 aromatic carbocycles. The van der Waals surface area contributed by atoms with E-state index in [0.717, 1.165) is 5.69 Å². The van der Waals surface area contributed by atoms with Gasteiger partial charge in [-0.2, -0.15) is 0 Å².